The standard InChI is InChI=1S/C22H24N/c1-22(2,3)16-11-12-18-20(14-16)23(4,5)19-13-10-15-8-6-7-9-17(15)21(18)19/h6-14H,1-5H3/q+1. The van der Waals surface area contributed by atoms with Gasteiger partial charge in [0.2, 0.25) is 0 Å². The number of nitrogens with zero attached hydrogens (tertiary/aromatic N) is 1. The van der Waals surface area contributed by atoms with E-state index in [9.17, 15) is 0 Å². The first-order valence-corrected chi connectivity index (χ1v) is 8.32. The summed E-state index contributed by atoms with van der Waals surface area (Å²) in [5, 5.41) is 2.68. The van der Waals surface area contributed by atoms with Gasteiger partial charge < -0.3 is 0 Å². The number of benzene rings is 3. The third-order valence-electron chi connectivity index (χ3n) is 5.24. The van der Waals surface area contributed by atoms with Crippen molar-refractivity contribution in [2.45, 2.75) is 26.2 Å². The molecule has 1 aliphatic heterocycles. The molecular weight excluding hydrogens is 278 g/mol. The highest BCUT2D eigenvalue weighted by Crippen LogP contribution is 2.54. The van der Waals surface area contributed by atoms with Gasteiger partial charge in [0.25, 0.3) is 0 Å². The summed E-state index contributed by atoms with van der Waals surface area (Å²) in [4.78, 5) is 0. The normalized spacial score (nSPS) is 15.5. The molecule has 1 nitrogen and oxygen atoms in total. The molecule has 1 aliphatic rings. The Balaban J connectivity index is 2.08. The predicted octanol–water partition coefficient (Wildman–Crippen LogP) is 6.02. The van der Waals surface area contributed by atoms with Crippen molar-refractivity contribution in [2.75, 3.05) is 14.1 Å². The van der Waals surface area contributed by atoms with E-state index in [2.05, 4.69) is 89.5 Å². The van der Waals surface area contributed by atoms with Gasteiger partial charge in [0, 0.05) is 17.7 Å². The van der Waals surface area contributed by atoms with Crippen LogP contribution >= 0.6 is 0 Å². The number of hydrogen-bond acceptors (Lipinski definition) is 0. The topological polar surface area (TPSA) is 0 Å². The fourth-order valence-electron chi connectivity index (χ4n) is 3.81. The zero-order valence-corrected chi connectivity index (χ0v) is 14.6. The smallest absolute Gasteiger partial charge is 0.146 e. The highest BCUT2D eigenvalue weighted by Gasteiger charge is 2.38. The van der Waals surface area contributed by atoms with E-state index in [1.54, 1.807) is 0 Å². The van der Waals surface area contributed by atoms with Crippen LogP contribution in [0.15, 0.2) is 54.6 Å². The summed E-state index contributed by atoms with van der Waals surface area (Å²) in [7, 11) is 4.60. The van der Waals surface area contributed by atoms with Crippen molar-refractivity contribution >= 4 is 22.1 Å². The molecular formula is C22H24N+. The second-order valence-corrected chi connectivity index (χ2v) is 8.12. The Labute approximate surface area is 138 Å². The van der Waals surface area contributed by atoms with Crippen LogP contribution in [-0.2, 0) is 5.41 Å². The molecule has 116 valence electrons. The van der Waals surface area contributed by atoms with Crippen LogP contribution in [0.3, 0.4) is 0 Å². The zero-order valence-electron chi connectivity index (χ0n) is 14.6. The average Bonchev–Trinajstić information content (AvgIpc) is 2.74. The summed E-state index contributed by atoms with van der Waals surface area (Å²) in [5.74, 6) is 0. The van der Waals surface area contributed by atoms with Crippen LogP contribution < -0.4 is 4.48 Å². The van der Waals surface area contributed by atoms with Gasteiger partial charge in [-0.15, -0.1) is 0 Å². The molecule has 0 atom stereocenters. The number of quaternary nitrogens is 1. The van der Waals surface area contributed by atoms with Gasteiger partial charge in [0.05, 0.1) is 19.7 Å². The van der Waals surface area contributed by atoms with E-state index in [4.69, 9.17) is 0 Å². The summed E-state index contributed by atoms with van der Waals surface area (Å²) >= 11 is 0. The monoisotopic (exact) mass is 302 g/mol. The number of fused-ring (bicyclic) bond motifs is 5. The Bertz CT molecular complexity index is 926. The minimum Gasteiger partial charge on any atom is -0.263 e. The third-order valence-corrected chi connectivity index (χ3v) is 5.24. The van der Waals surface area contributed by atoms with Gasteiger partial charge in [0.15, 0.2) is 0 Å². The number of rotatable bonds is 0. The Hall–Kier alpha value is -2.12. The lowest BCUT2D eigenvalue weighted by molar-refractivity contribution is 0.558. The van der Waals surface area contributed by atoms with Crippen molar-refractivity contribution < 1.29 is 0 Å². The van der Waals surface area contributed by atoms with Gasteiger partial charge >= 0.3 is 0 Å². The van der Waals surface area contributed by atoms with E-state index < -0.39 is 0 Å². The van der Waals surface area contributed by atoms with Crippen molar-refractivity contribution in [3.63, 3.8) is 0 Å². The molecule has 0 N–H and O–H groups in total. The van der Waals surface area contributed by atoms with E-state index in [1.165, 1.54) is 38.8 Å². The second-order valence-electron chi connectivity index (χ2n) is 8.12. The molecule has 0 aromatic heterocycles. The second kappa shape index (κ2) is 4.46. The van der Waals surface area contributed by atoms with Crippen molar-refractivity contribution in [3.8, 4) is 11.1 Å². The van der Waals surface area contributed by atoms with E-state index in [0.717, 1.165) is 4.48 Å². The molecule has 0 bridgehead atoms. The van der Waals surface area contributed by atoms with Crippen molar-refractivity contribution in [3.05, 3.63) is 60.2 Å². The number of hydrogen-bond donors (Lipinski definition) is 0. The zero-order chi connectivity index (χ0) is 16.4. The summed E-state index contributed by atoms with van der Waals surface area (Å²) in [6, 6.07) is 20.3. The molecule has 0 unspecified atom stereocenters. The van der Waals surface area contributed by atoms with E-state index in [-0.39, 0.29) is 5.41 Å². The first kappa shape index (κ1) is 14.5. The summed E-state index contributed by atoms with van der Waals surface area (Å²) in [6.45, 7) is 6.85. The van der Waals surface area contributed by atoms with Crippen LogP contribution in [0.5, 0.6) is 0 Å². The first-order chi connectivity index (χ1) is 10.8. The highest BCUT2D eigenvalue weighted by molar-refractivity contribution is 6.09. The van der Waals surface area contributed by atoms with Gasteiger partial charge in [-0.25, -0.2) is 0 Å². The molecule has 0 saturated heterocycles. The molecule has 0 amide bonds. The van der Waals surface area contributed by atoms with Crippen molar-refractivity contribution in [2.24, 2.45) is 0 Å². The molecule has 0 radical (unpaired) electrons. The fraction of sp³-hybridized carbons (Fsp3) is 0.273. The van der Waals surface area contributed by atoms with Gasteiger partial charge in [-0.3, -0.25) is 4.48 Å². The third kappa shape index (κ3) is 1.96. The Morgan fingerprint density at radius 1 is 0.783 bits per heavy atom. The first-order valence-electron chi connectivity index (χ1n) is 8.32. The van der Waals surface area contributed by atoms with E-state index in [0.29, 0.717) is 0 Å². The summed E-state index contributed by atoms with van der Waals surface area (Å²) in [5.41, 5.74) is 7.16. The quantitative estimate of drug-likeness (QED) is 0.446. The van der Waals surface area contributed by atoms with Crippen LogP contribution in [0.25, 0.3) is 21.9 Å². The van der Waals surface area contributed by atoms with Gasteiger partial charge in [0.1, 0.15) is 11.4 Å². The van der Waals surface area contributed by atoms with Crippen molar-refractivity contribution in [1.82, 2.24) is 4.48 Å². The fourth-order valence-corrected chi connectivity index (χ4v) is 3.81. The molecule has 3 aromatic rings. The average molecular weight is 302 g/mol. The predicted molar refractivity (Wildman–Crippen MR) is 101 cm³/mol. The Morgan fingerprint density at radius 3 is 2.26 bits per heavy atom. The van der Waals surface area contributed by atoms with Crippen LogP contribution in [-0.4, -0.2) is 14.1 Å². The minimum atomic E-state index is 0.172. The lowest BCUT2D eigenvalue weighted by Crippen LogP contribution is -2.32. The van der Waals surface area contributed by atoms with Crippen LogP contribution in [0.2, 0.25) is 0 Å². The SMILES string of the molecule is CC(C)(C)c1ccc2c(c1)[N+](C)(C)c1ccc3ccccc3c1-2. The summed E-state index contributed by atoms with van der Waals surface area (Å²) < 4.78 is 0.819. The molecule has 4 rings (SSSR count). The molecule has 1 heterocycles. The molecule has 23 heavy (non-hydrogen) atoms. The van der Waals surface area contributed by atoms with Crippen LogP contribution in [0, 0.1) is 0 Å². The summed E-state index contributed by atoms with van der Waals surface area (Å²) in [6.07, 6.45) is 0. The lowest BCUT2D eigenvalue weighted by Gasteiger charge is -2.27. The lowest BCUT2D eigenvalue weighted by atomic mass is 9.85. The molecule has 0 aliphatic carbocycles. The minimum absolute atomic E-state index is 0.172. The van der Waals surface area contributed by atoms with E-state index >= 15 is 0 Å². The van der Waals surface area contributed by atoms with Gasteiger partial charge in [-0.05, 0) is 33.9 Å². The molecule has 1 heteroatoms. The Kier molecular flexibility index (Phi) is 2.80. The van der Waals surface area contributed by atoms with Gasteiger partial charge in [-0.1, -0.05) is 51.1 Å². The molecule has 0 fully saturated rings. The van der Waals surface area contributed by atoms with E-state index in [1.807, 2.05) is 0 Å². The van der Waals surface area contributed by atoms with Crippen molar-refractivity contribution in [1.29, 1.82) is 0 Å². The maximum Gasteiger partial charge on any atom is 0.146 e. The highest BCUT2D eigenvalue weighted by atomic mass is 15.3. The maximum atomic E-state index is 2.41. The Morgan fingerprint density at radius 2 is 1.52 bits per heavy atom. The van der Waals surface area contributed by atoms with Crippen LogP contribution in [0.4, 0.5) is 11.4 Å². The molecule has 0 saturated carbocycles. The van der Waals surface area contributed by atoms with Crippen LogP contribution in [0.1, 0.15) is 26.3 Å². The largest absolute Gasteiger partial charge is 0.263 e. The molecule has 0 spiro atoms. The molecule has 3 aromatic carbocycles. The van der Waals surface area contributed by atoms with Gasteiger partial charge in [-0.2, -0.15) is 0 Å². The maximum absolute atomic E-state index is 2.41.